The Morgan fingerprint density at radius 1 is 0.591 bits per heavy atom. The molecule has 0 fully saturated rings. The van der Waals surface area contributed by atoms with Crippen molar-refractivity contribution in [1.29, 1.82) is 0 Å². The van der Waals surface area contributed by atoms with Crippen LogP contribution in [0, 0.1) is 0 Å². The maximum absolute atomic E-state index is 6.71. The van der Waals surface area contributed by atoms with Crippen molar-refractivity contribution in [2.24, 2.45) is 0 Å². The highest BCUT2D eigenvalue weighted by Gasteiger charge is 2.25. The molecule has 2 aromatic heterocycles. The highest BCUT2D eigenvalue weighted by molar-refractivity contribution is 6.13. The number of para-hydroxylation sites is 3. The lowest BCUT2D eigenvalue weighted by Gasteiger charge is -2.24. The monoisotopic (exact) mass is 570 g/mol. The quantitative estimate of drug-likeness (QED) is 0.206. The fraction of sp³-hybridized carbons (Fsp3) is 0.146. The van der Waals surface area contributed by atoms with Crippen molar-refractivity contribution >= 4 is 43.7 Å². The van der Waals surface area contributed by atoms with Gasteiger partial charge in [0.05, 0.1) is 22.3 Å². The molecule has 0 saturated carbocycles. The van der Waals surface area contributed by atoms with Crippen molar-refractivity contribution in [3.05, 3.63) is 132 Å². The molecule has 0 spiro atoms. The van der Waals surface area contributed by atoms with Crippen LogP contribution in [0.2, 0.25) is 0 Å². The first-order chi connectivity index (χ1) is 21.5. The van der Waals surface area contributed by atoms with Crippen molar-refractivity contribution in [2.75, 3.05) is 0 Å². The molecular formula is C41H34N2O. The number of imidazole rings is 1. The van der Waals surface area contributed by atoms with E-state index in [-0.39, 0.29) is 0 Å². The van der Waals surface area contributed by atoms with Crippen LogP contribution in [0.4, 0.5) is 0 Å². The van der Waals surface area contributed by atoms with E-state index in [2.05, 4.69) is 154 Å². The van der Waals surface area contributed by atoms with E-state index in [1.807, 2.05) is 0 Å². The number of hydrogen-bond donors (Lipinski definition) is 0. The van der Waals surface area contributed by atoms with Gasteiger partial charge in [0.15, 0.2) is 0 Å². The molecule has 0 amide bonds. The molecule has 0 bridgehead atoms. The topological polar surface area (TPSA) is 31.0 Å². The third kappa shape index (κ3) is 4.15. The number of benzene rings is 6. The Balaban J connectivity index is 1.46. The zero-order valence-corrected chi connectivity index (χ0v) is 25.5. The van der Waals surface area contributed by atoms with Crippen molar-refractivity contribution < 1.29 is 4.42 Å². The van der Waals surface area contributed by atoms with Crippen LogP contribution in [0.1, 0.15) is 50.7 Å². The average molecular weight is 571 g/mol. The third-order valence-electron chi connectivity index (χ3n) is 8.91. The Morgan fingerprint density at radius 2 is 1.25 bits per heavy atom. The Bertz CT molecular complexity index is 2310. The summed E-state index contributed by atoms with van der Waals surface area (Å²) in [7, 11) is 0. The molecule has 214 valence electrons. The summed E-state index contributed by atoms with van der Waals surface area (Å²) in [6.07, 6.45) is 0. The molecule has 44 heavy (non-hydrogen) atoms. The summed E-state index contributed by atoms with van der Waals surface area (Å²) in [6.45, 7) is 9.17. The van der Waals surface area contributed by atoms with E-state index < -0.39 is 0 Å². The van der Waals surface area contributed by atoms with Crippen LogP contribution in [-0.4, -0.2) is 9.55 Å². The van der Waals surface area contributed by atoms with Crippen LogP contribution in [0.5, 0.6) is 0 Å². The predicted octanol–water partition coefficient (Wildman–Crippen LogP) is 11.7. The van der Waals surface area contributed by atoms with Crippen LogP contribution in [0.3, 0.4) is 0 Å². The van der Waals surface area contributed by atoms with E-state index in [4.69, 9.17) is 9.40 Å². The SMILES string of the molecule is CC(C)c1cc(-c2ccccc2)cc(C(C)C)c1-n1c(-c2cccc3c2oc2cc4ccccc4cc23)nc2ccccc21. The molecule has 0 aliphatic rings. The van der Waals surface area contributed by atoms with Gasteiger partial charge >= 0.3 is 0 Å². The van der Waals surface area contributed by atoms with Crippen molar-refractivity contribution in [3.8, 4) is 28.2 Å². The number of hydrogen-bond acceptors (Lipinski definition) is 2. The van der Waals surface area contributed by atoms with E-state index >= 15 is 0 Å². The van der Waals surface area contributed by atoms with Gasteiger partial charge in [-0.25, -0.2) is 4.98 Å². The summed E-state index contributed by atoms with van der Waals surface area (Å²) in [5.41, 5.74) is 11.1. The predicted molar refractivity (Wildman–Crippen MR) is 185 cm³/mol. The van der Waals surface area contributed by atoms with Crippen molar-refractivity contribution in [1.82, 2.24) is 9.55 Å². The van der Waals surface area contributed by atoms with Crippen LogP contribution in [-0.2, 0) is 0 Å². The standard InChI is InChI=1S/C41H34N2O/c1-25(2)33-22-30(27-13-6-5-7-14-27)23-34(26(3)4)39(33)43-37-20-11-10-19-36(37)42-41(43)32-18-12-17-31-35-21-28-15-8-9-16-29(28)24-38(35)44-40(31)32/h5-26H,1-4H3. The molecule has 3 heteroatoms. The van der Waals surface area contributed by atoms with Gasteiger partial charge in [0.2, 0.25) is 0 Å². The maximum Gasteiger partial charge on any atom is 0.149 e. The van der Waals surface area contributed by atoms with Gasteiger partial charge in [0.1, 0.15) is 17.0 Å². The smallest absolute Gasteiger partial charge is 0.149 e. The number of rotatable bonds is 5. The summed E-state index contributed by atoms with van der Waals surface area (Å²) in [4.78, 5) is 5.32. The Morgan fingerprint density at radius 3 is 1.98 bits per heavy atom. The highest BCUT2D eigenvalue weighted by atomic mass is 16.3. The van der Waals surface area contributed by atoms with Crippen molar-refractivity contribution in [2.45, 2.75) is 39.5 Å². The van der Waals surface area contributed by atoms with Gasteiger partial charge in [-0.1, -0.05) is 107 Å². The number of aromatic nitrogens is 2. The maximum atomic E-state index is 6.71. The minimum Gasteiger partial charge on any atom is -0.455 e. The number of fused-ring (bicyclic) bond motifs is 5. The molecule has 0 aliphatic heterocycles. The van der Waals surface area contributed by atoms with E-state index in [1.165, 1.54) is 38.7 Å². The molecular weight excluding hydrogens is 536 g/mol. The molecule has 8 rings (SSSR count). The van der Waals surface area contributed by atoms with Crippen LogP contribution in [0.25, 0.3) is 71.9 Å². The minimum atomic E-state index is 0.301. The summed E-state index contributed by atoms with van der Waals surface area (Å²) in [5.74, 6) is 1.50. The van der Waals surface area contributed by atoms with Gasteiger partial charge in [-0.15, -0.1) is 0 Å². The van der Waals surface area contributed by atoms with E-state index in [1.54, 1.807) is 0 Å². The fourth-order valence-electron chi connectivity index (χ4n) is 6.71. The molecule has 2 heterocycles. The summed E-state index contributed by atoms with van der Waals surface area (Å²) in [5, 5.41) is 4.62. The van der Waals surface area contributed by atoms with Crippen LogP contribution in [0.15, 0.2) is 126 Å². The fourth-order valence-corrected chi connectivity index (χ4v) is 6.71. The molecule has 0 saturated heterocycles. The summed E-state index contributed by atoms with van der Waals surface area (Å²) < 4.78 is 9.11. The van der Waals surface area contributed by atoms with Gasteiger partial charge < -0.3 is 4.42 Å². The minimum absolute atomic E-state index is 0.301. The second-order valence-corrected chi connectivity index (χ2v) is 12.4. The zero-order valence-electron chi connectivity index (χ0n) is 25.5. The van der Waals surface area contributed by atoms with Gasteiger partial charge in [-0.2, -0.15) is 0 Å². The largest absolute Gasteiger partial charge is 0.455 e. The lowest BCUT2D eigenvalue weighted by Crippen LogP contribution is -2.09. The van der Waals surface area contributed by atoms with Gasteiger partial charge in [0, 0.05) is 10.8 Å². The normalized spacial score (nSPS) is 12.0. The third-order valence-corrected chi connectivity index (χ3v) is 8.91. The van der Waals surface area contributed by atoms with E-state index in [0.29, 0.717) is 11.8 Å². The van der Waals surface area contributed by atoms with Crippen molar-refractivity contribution in [3.63, 3.8) is 0 Å². The molecule has 0 unspecified atom stereocenters. The first-order valence-electron chi connectivity index (χ1n) is 15.5. The second kappa shape index (κ2) is 10.2. The van der Waals surface area contributed by atoms with Crippen LogP contribution >= 0.6 is 0 Å². The Labute approximate surface area is 257 Å². The average Bonchev–Trinajstić information content (AvgIpc) is 3.61. The summed E-state index contributed by atoms with van der Waals surface area (Å²) >= 11 is 0. The molecule has 0 radical (unpaired) electrons. The lowest BCUT2D eigenvalue weighted by molar-refractivity contribution is 0.670. The molecule has 8 aromatic rings. The lowest BCUT2D eigenvalue weighted by atomic mass is 9.88. The Kier molecular flexibility index (Phi) is 6.16. The van der Waals surface area contributed by atoms with E-state index in [0.717, 1.165) is 44.4 Å². The molecule has 0 aliphatic carbocycles. The Hall–Kier alpha value is -5.15. The molecule has 0 N–H and O–H groups in total. The van der Waals surface area contributed by atoms with Crippen LogP contribution < -0.4 is 0 Å². The number of nitrogens with zero attached hydrogens (tertiary/aromatic N) is 2. The molecule has 0 atom stereocenters. The first kappa shape index (κ1) is 26.5. The molecule has 6 aromatic carbocycles. The summed E-state index contributed by atoms with van der Waals surface area (Å²) in [6, 6.07) is 43.3. The number of furan rings is 1. The van der Waals surface area contributed by atoms with E-state index in [9.17, 15) is 0 Å². The first-order valence-corrected chi connectivity index (χ1v) is 15.5. The molecule has 3 nitrogen and oxygen atoms in total. The highest BCUT2D eigenvalue weighted by Crippen LogP contribution is 2.43. The van der Waals surface area contributed by atoms with Gasteiger partial charge in [-0.05, 0) is 87.3 Å². The zero-order chi connectivity index (χ0) is 29.9. The second-order valence-electron chi connectivity index (χ2n) is 12.4. The van der Waals surface area contributed by atoms with Gasteiger partial charge in [0.25, 0.3) is 0 Å². The van der Waals surface area contributed by atoms with Gasteiger partial charge in [-0.3, -0.25) is 4.57 Å².